The molecular weight excluding hydrogens is 524 g/mol. The predicted octanol–water partition coefficient (Wildman–Crippen LogP) is 3.69. The summed E-state index contributed by atoms with van der Waals surface area (Å²) in [7, 11) is 3.18. The number of Topliss-reactive ketones (excluding diaryl/α,β-unsaturated/α-hetero) is 1. The molecule has 2 aromatic carbocycles. The molecule has 11 nitrogen and oxygen atoms in total. The van der Waals surface area contributed by atoms with Gasteiger partial charge in [-0.05, 0) is 43.0 Å². The number of aromatic nitrogens is 4. The standard InChI is InChI=1S/C30H34N6O5/c1-18(2)24(25(38)27-34-35-29(41-27)30(3,4)20-12-14-21(40-6)15-13-20)33-23(37)17-36-22(19-10-8-7-9-11-19)16-32-26(31-5)28(36)39/h7-16,18,24H,17H2,1-6H3,(H,31,32)(H,33,37)/t24-/m0/s1. The summed E-state index contributed by atoms with van der Waals surface area (Å²) in [6.07, 6.45) is 1.53. The fourth-order valence-electron chi connectivity index (χ4n) is 4.39. The molecule has 0 spiro atoms. The van der Waals surface area contributed by atoms with Crippen LogP contribution in [0.2, 0.25) is 0 Å². The first kappa shape index (κ1) is 29.2. The van der Waals surface area contributed by atoms with Gasteiger partial charge in [-0.25, -0.2) is 4.98 Å². The zero-order chi connectivity index (χ0) is 29.7. The molecule has 0 aliphatic carbocycles. The number of nitrogens with one attached hydrogen (secondary N) is 2. The zero-order valence-electron chi connectivity index (χ0n) is 24.0. The van der Waals surface area contributed by atoms with Crippen molar-refractivity contribution in [3.05, 3.63) is 88.5 Å². The Balaban J connectivity index is 1.56. The number of benzene rings is 2. The summed E-state index contributed by atoms with van der Waals surface area (Å²) < 4.78 is 12.4. The maximum atomic E-state index is 13.5. The number of ketones is 1. The van der Waals surface area contributed by atoms with Gasteiger partial charge >= 0.3 is 0 Å². The minimum absolute atomic E-state index is 0.104. The Morgan fingerprint density at radius 3 is 2.34 bits per heavy atom. The van der Waals surface area contributed by atoms with Crippen molar-refractivity contribution in [1.82, 2.24) is 25.1 Å². The average Bonchev–Trinajstić information content (AvgIpc) is 3.48. The Hall–Kier alpha value is -4.80. The van der Waals surface area contributed by atoms with Crippen molar-refractivity contribution in [3.63, 3.8) is 0 Å². The molecule has 0 radical (unpaired) electrons. The third-order valence-corrected chi connectivity index (χ3v) is 6.91. The molecule has 0 aliphatic rings. The number of methoxy groups -OCH3 is 1. The van der Waals surface area contributed by atoms with E-state index in [-0.39, 0.29) is 30.1 Å². The first-order chi connectivity index (χ1) is 19.6. The summed E-state index contributed by atoms with van der Waals surface area (Å²) in [5.41, 5.74) is 0.947. The summed E-state index contributed by atoms with van der Waals surface area (Å²) >= 11 is 0. The average molecular weight is 559 g/mol. The molecule has 0 saturated heterocycles. The number of hydrogen-bond acceptors (Lipinski definition) is 9. The number of anilines is 1. The molecule has 0 aliphatic heterocycles. The molecule has 1 atom stereocenters. The molecule has 2 N–H and O–H groups in total. The van der Waals surface area contributed by atoms with E-state index < -0.39 is 28.7 Å². The second-order valence-corrected chi connectivity index (χ2v) is 10.4. The van der Waals surface area contributed by atoms with Crippen LogP contribution in [-0.4, -0.2) is 51.6 Å². The van der Waals surface area contributed by atoms with Gasteiger partial charge in [0.15, 0.2) is 5.82 Å². The first-order valence-electron chi connectivity index (χ1n) is 13.2. The lowest BCUT2D eigenvalue weighted by Gasteiger charge is -2.22. The van der Waals surface area contributed by atoms with Gasteiger partial charge in [0.25, 0.3) is 11.4 Å². The van der Waals surface area contributed by atoms with Gasteiger partial charge in [-0.2, -0.15) is 0 Å². The number of carbonyl (C=O) groups is 2. The number of hydrogen-bond donors (Lipinski definition) is 2. The fourth-order valence-corrected chi connectivity index (χ4v) is 4.39. The van der Waals surface area contributed by atoms with Crippen molar-refractivity contribution in [2.45, 2.75) is 45.7 Å². The van der Waals surface area contributed by atoms with Crippen molar-refractivity contribution in [1.29, 1.82) is 0 Å². The molecule has 11 heteroatoms. The molecule has 2 heterocycles. The van der Waals surface area contributed by atoms with E-state index in [1.165, 1.54) is 10.8 Å². The second kappa shape index (κ2) is 12.2. The highest BCUT2D eigenvalue weighted by atomic mass is 16.5. The monoisotopic (exact) mass is 558 g/mol. The largest absolute Gasteiger partial charge is 0.497 e. The molecule has 1 amide bonds. The van der Waals surface area contributed by atoms with Crippen molar-refractivity contribution >= 4 is 17.5 Å². The fraction of sp³-hybridized carbons (Fsp3) is 0.333. The maximum absolute atomic E-state index is 13.5. The van der Waals surface area contributed by atoms with Crippen molar-refractivity contribution < 1.29 is 18.7 Å². The number of nitrogens with zero attached hydrogens (tertiary/aromatic N) is 4. The van der Waals surface area contributed by atoms with E-state index in [9.17, 15) is 14.4 Å². The summed E-state index contributed by atoms with van der Waals surface area (Å²) in [6, 6.07) is 15.7. The van der Waals surface area contributed by atoms with E-state index in [1.807, 2.05) is 68.4 Å². The van der Waals surface area contributed by atoms with Gasteiger partial charge in [-0.1, -0.05) is 56.3 Å². The lowest BCUT2D eigenvalue weighted by atomic mass is 9.84. The molecule has 0 unspecified atom stereocenters. The van der Waals surface area contributed by atoms with Crippen molar-refractivity contribution in [3.8, 4) is 17.0 Å². The lowest BCUT2D eigenvalue weighted by Crippen LogP contribution is -2.46. The van der Waals surface area contributed by atoms with Gasteiger partial charge in [0, 0.05) is 7.05 Å². The van der Waals surface area contributed by atoms with Gasteiger partial charge in [-0.15, -0.1) is 10.2 Å². The molecule has 0 fully saturated rings. The Morgan fingerprint density at radius 2 is 1.73 bits per heavy atom. The lowest BCUT2D eigenvalue weighted by molar-refractivity contribution is -0.122. The van der Waals surface area contributed by atoms with Crippen LogP contribution in [0.15, 0.2) is 70.0 Å². The second-order valence-electron chi connectivity index (χ2n) is 10.4. The van der Waals surface area contributed by atoms with Gasteiger partial charge in [0.05, 0.1) is 30.5 Å². The normalized spacial score (nSPS) is 12.2. The smallest absolute Gasteiger partial charge is 0.294 e. The Labute approximate surface area is 238 Å². The van der Waals surface area contributed by atoms with Gasteiger partial charge in [-0.3, -0.25) is 19.0 Å². The van der Waals surface area contributed by atoms with Crippen LogP contribution in [0.1, 0.15) is 49.8 Å². The van der Waals surface area contributed by atoms with Gasteiger partial charge in [0.2, 0.25) is 17.6 Å². The molecule has 41 heavy (non-hydrogen) atoms. The molecule has 4 rings (SSSR count). The molecular formula is C30H34N6O5. The third kappa shape index (κ3) is 6.19. The quantitative estimate of drug-likeness (QED) is 0.264. The van der Waals surface area contributed by atoms with Crippen molar-refractivity contribution in [2.75, 3.05) is 19.5 Å². The number of amides is 1. The van der Waals surface area contributed by atoms with E-state index in [0.717, 1.165) is 11.1 Å². The molecule has 0 saturated carbocycles. The SMILES string of the molecule is CNc1ncc(-c2ccccc2)n(CC(=O)N[C@H](C(=O)c2nnc(C(C)(C)c3ccc(OC)cc3)o2)C(C)C)c1=O. The van der Waals surface area contributed by atoms with Crippen LogP contribution in [0.25, 0.3) is 11.3 Å². The highest BCUT2D eigenvalue weighted by Crippen LogP contribution is 2.32. The van der Waals surface area contributed by atoms with Gasteiger partial charge in [0.1, 0.15) is 12.3 Å². The molecule has 4 aromatic rings. The highest BCUT2D eigenvalue weighted by molar-refractivity contribution is 5.98. The molecule has 2 aromatic heterocycles. The summed E-state index contributed by atoms with van der Waals surface area (Å²) in [4.78, 5) is 44.0. The topological polar surface area (TPSA) is 141 Å². The highest BCUT2D eigenvalue weighted by Gasteiger charge is 2.34. The van der Waals surface area contributed by atoms with Crippen LogP contribution in [0.5, 0.6) is 5.75 Å². The van der Waals surface area contributed by atoms with E-state index in [2.05, 4.69) is 25.8 Å². The van der Waals surface area contributed by atoms with Crippen LogP contribution >= 0.6 is 0 Å². The number of carbonyl (C=O) groups excluding carboxylic acids is 2. The van der Waals surface area contributed by atoms with E-state index in [4.69, 9.17) is 9.15 Å². The number of rotatable bonds is 11. The summed E-state index contributed by atoms with van der Waals surface area (Å²) in [5.74, 6) is -0.464. The van der Waals surface area contributed by atoms with Crippen LogP contribution in [0.4, 0.5) is 5.82 Å². The van der Waals surface area contributed by atoms with Crippen LogP contribution in [0, 0.1) is 5.92 Å². The summed E-state index contributed by atoms with van der Waals surface area (Å²) in [5, 5.41) is 13.7. The minimum Gasteiger partial charge on any atom is -0.497 e. The van der Waals surface area contributed by atoms with Crippen molar-refractivity contribution in [2.24, 2.45) is 5.92 Å². The zero-order valence-corrected chi connectivity index (χ0v) is 24.0. The van der Waals surface area contributed by atoms with E-state index >= 15 is 0 Å². The van der Waals surface area contributed by atoms with E-state index in [1.54, 1.807) is 28.0 Å². The molecule has 0 bridgehead atoms. The first-order valence-corrected chi connectivity index (χ1v) is 13.2. The third-order valence-electron chi connectivity index (χ3n) is 6.91. The Kier molecular flexibility index (Phi) is 8.65. The molecule has 214 valence electrons. The van der Waals surface area contributed by atoms with Crippen LogP contribution < -0.4 is 20.9 Å². The number of ether oxygens (including phenoxy) is 1. The Morgan fingerprint density at radius 1 is 1.05 bits per heavy atom. The van der Waals surface area contributed by atoms with E-state index in [0.29, 0.717) is 11.4 Å². The Bertz CT molecular complexity index is 1580. The summed E-state index contributed by atoms with van der Waals surface area (Å²) in [6.45, 7) is 7.10. The van der Waals surface area contributed by atoms with Crippen LogP contribution in [-0.2, 0) is 16.8 Å². The van der Waals surface area contributed by atoms with Gasteiger partial charge < -0.3 is 19.8 Å². The maximum Gasteiger partial charge on any atom is 0.294 e. The van der Waals surface area contributed by atoms with Crippen LogP contribution in [0.3, 0.4) is 0 Å². The predicted molar refractivity (Wildman–Crippen MR) is 154 cm³/mol. The minimum atomic E-state index is -0.957.